The molecule has 92 valence electrons. The van der Waals surface area contributed by atoms with Crippen LogP contribution in [0.15, 0.2) is 35.1 Å². The summed E-state index contributed by atoms with van der Waals surface area (Å²) in [5.74, 6) is -0.255. The van der Waals surface area contributed by atoms with E-state index in [2.05, 4.69) is 4.98 Å². The van der Waals surface area contributed by atoms with Gasteiger partial charge in [-0.3, -0.25) is 14.4 Å². The Bertz CT molecular complexity index is 657. The molecule has 1 amide bonds. The molecule has 2 aromatic rings. The van der Waals surface area contributed by atoms with Gasteiger partial charge in [0.1, 0.15) is 0 Å². The first-order chi connectivity index (χ1) is 8.75. The molecule has 0 saturated carbocycles. The van der Waals surface area contributed by atoms with Crippen molar-refractivity contribution in [2.75, 3.05) is 13.2 Å². The summed E-state index contributed by atoms with van der Waals surface area (Å²) in [7, 11) is 0. The molecule has 2 heterocycles. The van der Waals surface area contributed by atoms with Crippen molar-refractivity contribution in [2.24, 2.45) is 0 Å². The number of benzene rings is 1. The number of nitrogens with zero attached hydrogens (tertiary/aromatic N) is 1. The largest absolute Gasteiger partial charge is 0.322 e. The molecule has 1 aromatic carbocycles. The van der Waals surface area contributed by atoms with Crippen LogP contribution in [0.1, 0.15) is 16.8 Å². The number of rotatable bonds is 1. The number of hydroxylamine groups is 2. The van der Waals surface area contributed by atoms with Crippen LogP contribution in [0.2, 0.25) is 0 Å². The number of H-pyrrole nitrogens is 1. The average Bonchev–Trinajstić information content (AvgIpc) is 2.90. The van der Waals surface area contributed by atoms with Gasteiger partial charge in [0.05, 0.1) is 18.7 Å². The highest BCUT2D eigenvalue weighted by molar-refractivity contribution is 6.05. The maximum Gasteiger partial charge on any atom is 0.278 e. The quantitative estimate of drug-likeness (QED) is 0.822. The molecule has 0 bridgehead atoms. The lowest BCUT2D eigenvalue weighted by atomic mass is 10.1. The smallest absolute Gasteiger partial charge is 0.278 e. The van der Waals surface area contributed by atoms with Crippen molar-refractivity contribution in [3.63, 3.8) is 0 Å². The molecule has 3 rings (SSSR count). The number of hydrogen-bond acceptors (Lipinski definition) is 3. The molecule has 5 nitrogen and oxygen atoms in total. The topological polar surface area (TPSA) is 62.4 Å². The maximum absolute atomic E-state index is 12.3. The van der Waals surface area contributed by atoms with Gasteiger partial charge in [0.2, 0.25) is 5.56 Å². The van der Waals surface area contributed by atoms with Gasteiger partial charge in [-0.1, -0.05) is 18.2 Å². The van der Waals surface area contributed by atoms with Crippen LogP contribution in [0.3, 0.4) is 0 Å². The Morgan fingerprint density at radius 3 is 2.94 bits per heavy atom. The Balaban J connectivity index is 2.15. The normalized spacial score (nSPS) is 15.2. The summed E-state index contributed by atoms with van der Waals surface area (Å²) in [4.78, 5) is 31.8. The van der Waals surface area contributed by atoms with E-state index in [0.29, 0.717) is 24.2 Å². The minimum atomic E-state index is -0.281. The molecule has 0 radical (unpaired) electrons. The van der Waals surface area contributed by atoms with E-state index in [9.17, 15) is 9.59 Å². The summed E-state index contributed by atoms with van der Waals surface area (Å²) in [5.41, 5.74) is 0.764. The Hall–Kier alpha value is -2.14. The molecular formula is C13H12N2O3. The number of aromatic nitrogens is 1. The van der Waals surface area contributed by atoms with Crippen molar-refractivity contribution in [1.82, 2.24) is 10.0 Å². The summed E-state index contributed by atoms with van der Waals surface area (Å²) in [6.07, 6.45) is 0.826. The molecule has 1 aliphatic rings. The highest BCUT2D eigenvalue weighted by Gasteiger charge is 2.22. The molecule has 5 heteroatoms. The first-order valence-corrected chi connectivity index (χ1v) is 5.82. The molecular weight excluding hydrogens is 232 g/mol. The van der Waals surface area contributed by atoms with Crippen LogP contribution in [0.5, 0.6) is 0 Å². The van der Waals surface area contributed by atoms with Gasteiger partial charge in [-0.15, -0.1) is 0 Å². The molecule has 0 spiro atoms. The van der Waals surface area contributed by atoms with Gasteiger partial charge in [0.15, 0.2) is 0 Å². The number of aromatic amines is 1. The zero-order chi connectivity index (χ0) is 12.5. The van der Waals surface area contributed by atoms with Crippen LogP contribution in [0.4, 0.5) is 0 Å². The summed E-state index contributed by atoms with van der Waals surface area (Å²) in [6, 6.07) is 8.57. The number of hydrogen-bond donors (Lipinski definition) is 1. The molecule has 1 aromatic heterocycles. The number of carbonyl (C=O) groups is 1. The van der Waals surface area contributed by atoms with Crippen LogP contribution in [-0.2, 0) is 4.84 Å². The summed E-state index contributed by atoms with van der Waals surface area (Å²) < 4.78 is 0. The number of pyridine rings is 1. The first-order valence-electron chi connectivity index (χ1n) is 5.82. The lowest BCUT2D eigenvalue weighted by molar-refractivity contribution is -0.0767. The molecule has 18 heavy (non-hydrogen) atoms. The van der Waals surface area contributed by atoms with Crippen molar-refractivity contribution in [3.05, 3.63) is 46.2 Å². The number of fused-ring (bicyclic) bond motifs is 1. The lowest BCUT2D eigenvalue weighted by Gasteiger charge is -2.14. The molecule has 0 unspecified atom stereocenters. The lowest BCUT2D eigenvalue weighted by Crippen LogP contribution is -2.27. The fourth-order valence-electron chi connectivity index (χ4n) is 2.12. The van der Waals surface area contributed by atoms with E-state index in [1.807, 2.05) is 18.2 Å². The van der Waals surface area contributed by atoms with E-state index in [1.54, 1.807) is 6.07 Å². The molecule has 1 aliphatic heterocycles. The molecule has 0 aliphatic carbocycles. The fourth-order valence-corrected chi connectivity index (χ4v) is 2.12. The Labute approximate surface area is 103 Å². The van der Waals surface area contributed by atoms with Crippen molar-refractivity contribution in [2.45, 2.75) is 6.42 Å². The third-order valence-corrected chi connectivity index (χ3v) is 2.96. The zero-order valence-corrected chi connectivity index (χ0v) is 9.68. The molecule has 1 saturated heterocycles. The van der Waals surface area contributed by atoms with Gasteiger partial charge in [-0.25, -0.2) is 5.06 Å². The Morgan fingerprint density at radius 2 is 2.17 bits per heavy atom. The van der Waals surface area contributed by atoms with Crippen LogP contribution < -0.4 is 5.56 Å². The Kier molecular flexibility index (Phi) is 2.60. The highest BCUT2D eigenvalue weighted by Crippen LogP contribution is 2.18. The molecule has 1 N–H and O–H groups in total. The van der Waals surface area contributed by atoms with Crippen LogP contribution in [0, 0.1) is 0 Å². The summed E-state index contributed by atoms with van der Waals surface area (Å²) >= 11 is 0. The first kappa shape index (κ1) is 11.0. The second-order valence-corrected chi connectivity index (χ2v) is 4.19. The van der Waals surface area contributed by atoms with E-state index >= 15 is 0 Å². The summed E-state index contributed by atoms with van der Waals surface area (Å²) in [5, 5.41) is 2.05. The van der Waals surface area contributed by atoms with Gasteiger partial charge in [-0.2, -0.15) is 0 Å². The number of para-hydroxylation sites is 1. The summed E-state index contributed by atoms with van der Waals surface area (Å²) in [6.45, 7) is 1.12. The predicted octanol–water partition coefficient (Wildman–Crippen LogP) is 1.31. The minimum Gasteiger partial charge on any atom is -0.322 e. The van der Waals surface area contributed by atoms with E-state index < -0.39 is 0 Å². The minimum absolute atomic E-state index is 0.255. The third kappa shape index (κ3) is 1.78. The second-order valence-electron chi connectivity index (χ2n) is 4.19. The Morgan fingerprint density at radius 1 is 1.33 bits per heavy atom. The monoisotopic (exact) mass is 244 g/mol. The zero-order valence-electron chi connectivity index (χ0n) is 9.68. The highest BCUT2D eigenvalue weighted by atomic mass is 16.7. The number of nitrogens with one attached hydrogen (secondary N) is 1. The number of carbonyl (C=O) groups excluding carboxylic acids is 1. The van der Waals surface area contributed by atoms with Crippen molar-refractivity contribution in [3.8, 4) is 0 Å². The van der Waals surface area contributed by atoms with E-state index in [0.717, 1.165) is 11.8 Å². The van der Waals surface area contributed by atoms with Gasteiger partial charge >= 0.3 is 0 Å². The van der Waals surface area contributed by atoms with E-state index in [1.165, 1.54) is 11.1 Å². The van der Waals surface area contributed by atoms with E-state index in [-0.39, 0.29) is 11.5 Å². The van der Waals surface area contributed by atoms with Crippen LogP contribution in [0.25, 0.3) is 10.9 Å². The maximum atomic E-state index is 12.3. The number of amides is 1. The van der Waals surface area contributed by atoms with Gasteiger partial charge in [0.25, 0.3) is 5.91 Å². The van der Waals surface area contributed by atoms with Crippen LogP contribution in [-0.4, -0.2) is 29.1 Å². The molecule has 1 fully saturated rings. The third-order valence-electron chi connectivity index (χ3n) is 2.96. The SMILES string of the molecule is O=C(c1cc(=O)[nH]c2ccccc12)N1CCCO1. The van der Waals surface area contributed by atoms with Crippen molar-refractivity contribution >= 4 is 16.8 Å². The standard InChI is InChI=1S/C13H12N2O3/c16-12-8-10(13(17)15-6-3-7-18-15)9-4-1-2-5-11(9)14-12/h1-2,4-5,8H,3,6-7H2,(H,14,16). The average molecular weight is 244 g/mol. The van der Waals surface area contributed by atoms with Gasteiger partial charge < -0.3 is 4.98 Å². The van der Waals surface area contributed by atoms with Gasteiger partial charge in [0, 0.05) is 17.0 Å². The van der Waals surface area contributed by atoms with Crippen LogP contribution >= 0.6 is 0 Å². The fraction of sp³-hybridized carbons (Fsp3) is 0.231. The second kappa shape index (κ2) is 4.27. The predicted molar refractivity (Wildman–Crippen MR) is 66.2 cm³/mol. The molecule has 0 atom stereocenters. The van der Waals surface area contributed by atoms with Crippen molar-refractivity contribution < 1.29 is 9.63 Å². The van der Waals surface area contributed by atoms with E-state index in [4.69, 9.17) is 4.84 Å². The van der Waals surface area contributed by atoms with Crippen molar-refractivity contribution in [1.29, 1.82) is 0 Å². The van der Waals surface area contributed by atoms with Gasteiger partial charge in [-0.05, 0) is 12.5 Å².